The number of hydrogen-bond acceptors (Lipinski definition) is 3. The van der Waals surface area contributed by atoms with Gasteiger partial charge in [0.2, 0.25) is 0 Å². The standard InChI is InChI=1S/C15H23ClN2O/c1-11-8-18(15(2,3)10-17-11)9-12-7-13(16)5-6-14(12)19-4/h5-7,11,17H,8-10H2,1-4H3. The molecule has 4 heteroatoms. The number of ether oxygens (including phenoxy) is 1. The van der Waals surface area contributed by atoms with Crippen molar-refractivity contribution in [3.8, 4) is 5.75 Å². The van der Waals surface area contributed by atoms with E-state index in [-0.39, 0.29) is 5.54 Å². The van der Waals surface area contributed by atoms with E-state index < -0.39 is 0 Å². The summed E-state index contributed by atoms with van der Waals surface area (Å²) in [4.78, 5) is 2.49. The lowest BCUT2D eigenvalue weighted by Gasteiger charge is -2.45. The first-order valence-corrected chi connectivity index (χ1v) is 7.11. The molecule has 0 saturated carbocycles. The number of hydrogen-bond donors (Lipinski definition) is 1. The van der Waals surface area contributed by atoms with Gasteiger partial charge in [-0.1, -0.05) is 11.6 Å². The number of piperazine rings is 1. The second kappa shape index (κ2) is 5.70. The quantitative estimate of drug-likeness (QED) is 0.923. The van der Waals surface area contributed by atoms with E-state index >= 15 is 0 Å². The molecule has 0 aliphatic carbocycles. The van der Waals surface area contributed by atoms with Crippen LogP contribution in [-0.2, 0) is 6.54 Å². The molecule has 0 spiro atoms. The second-order valence-corrected chi connectivity index (χ2v) is 6.37. The summed E-state index contributed by atoms with van der Waals surface area (Å²) in [6, 6.07) is 6.33. The van der Waals surface area contributed by atoms with E-state index in [4.69, 9.17) is 16.3 Å². The van der Waals surface area contributed by atoms with Crippen LogP contribution in [0.1, 0.15) is 26.3 Å². The van der Waals surface area contributed by atoms with Crippen LogP contribution in [0.4, 0.5) is 0 Å². The first-order valence-electron chi connectivity index (χ1n) is 6.73. The van der Waals surface area contributed by atoms with Crippen LogP contribution in [0.3, 0.4) is 0 Å². The first-order chi connectivity index (χ1) is 8.92. The largest absolute Gasteiger partial charge is 0.496 e. The highest BCUT2D eigenvalue weighted by Gasteiger charge is 2.32. The molecule has 106 valence electrons. The van der Waals surface area contributed by atoms with E-state index in [0.29, 0.717) is 6.04 Å². The van der Waals surface area contributed by atoms with Crippen molar-refractivity contribution in [3.05, 3.63) is 28.8 Å². The Labute approximate surface area is 120 Å². The lowest BCUT2D eigenvalue weighted by Crippen LogP contribution is -2.60. The van der Waals surface area contributed by atoms with Crippen LogP contribution in [0.25, 0.3) is 0 Å². The fourth-order valence-electron chi connectivity index (χ4n) is 2.53. The Hall–Kier alpha value is -0.770. The predicted molar refractivity (Wildman–Crippen MR) is 80.0 cm³/mol. The van der Waals surface area contributed by atoms with Gasteiger partial charge in [-0.25, -0.2) is 0 Å². The average molecular weight is 283 g/mol. The zero-order chi connectivity index (χ0) is 14.0. The van der Waals surface area contributed by atoms with Crippen molar-refractivity contribution in [2.45, 2.75) is 38.9 Å². The minimum absolute atomic E-state index is 0.139. The molecule has 1 fully saturated rings. The van der Waals surface area contributed by atoms with Gasteiger partial charge >= 0.3 is 0 Å². The molecular weight excluding hydrogens is 260 g/mol. The highest BCUT2D eigenvalue weighted by Crippen LogP contribution is 2.28. The summed E-state index contributed by atoms with van der Waals surface area (Å²) in [5, 5.41) is 4.29. The van der Waals surface area contributed by atoms with Crippen LogP contribution in [0, 0.1) is 0 Å². The number of benzene rings is 1. The molecule has 0 radical (unpaired) electrons. The fourth-order valence-corrected chi connectivity index (χ4v) is 2.73. The number of methoxy groups -OCH3 is 1. The molecule has 1 saturated heterocycles. The van der Waals surface area contributed by atoms with Gasteiger partial charge in [-0.2, -0.15) is 0 Å². The van der Waals surface area contributed by atoms with Crippen molar-refractivity contribution in [1.82, 2.24) is 10.2 Å². The van der Waals surface area contributed by atoms with Crippen molar-refractivity contribution in [2.24, 2.45) is 0 Å². The van der Waals surface area contributed by atoms with Crippen LogP contribution < -0.4 is 10.1 Å². The summed E-state index contributed by atoms with van der Waals surface area (Å²) < 4.78 is 5.44. The van der Waals surface area contributed by atoms with Crippen LogP contribution >= 0.6 is 11.6 Å². The predicted octanol–water partition coefficient (Wildman–Crippen LogP) is 2.92. The van der Waals surface area contributed by atoms with Crippen LogP contribution in [-0.4, -0.2) is 36.7 Å². The molecular formula is C15H23ClN2O. The maximum absolute atomic E-state index is 6.10. The van der Waals surface area contributed by atoms with E-state index in [9.17, 15) is 0 Å². The Balaban J connectivity index is 2.21. The molecule has 1 N–H and O–H groups in total. The van der Waals surface area contributed by atoms with E-state index in [1.807, 2.05) is 18.2 Å². The summed E-state index contributed by atoms with van der Waals surface area (Å²) in [5.74, 6) is 0.909. The Kier molecular flexibility index (Phi) is 4.39. The van der Waals surface area contributed by atoms with Gasteiger partial charge in [0.25, 0.3) is 0 Å². The Morgan fingerprint density at radius 2 is 2.21 bits per heavy atom. The van der Waals surface area contributed by atoms with Crippen LogP contribution in [0.2, 0.25) is 5.02 Å². The lowest BCUT2D eigenvalue weighted by atomic mass is 9.96. The van der Waals surface area contributed by atoms with Crippen molar-refractivity contribution in [1.29, 1.82) is 0 Å². The third kappa shape index (κ3) is 3.41. The number of rotatable bonds is 3. The zero-order valence-electron chi connectivity index (χ0n) is 12.2. The molecule has 2 rings (SSSR count). The molecule has 1 aromatic rings. The Morgan fingerprint density at radius 3 is 2.89 bits per heavy atom. The Bertz CT molecular complexity index is 448. The van der Waals surface area contributed by atoms with Gasteiger partial charge < -0.3 is 10.1 Å². The Morgan fingerprint density at radius 1 is 1.47 bits per heavy atom. The summed E-state index contributed by atoms with van der Waals surface area (Å²) in [7, 11) is 1.71. The molecule has 1 aliphatic rings. The molecule has 1 unspecified atom stereocenters. The summed E-state index contributed by atoms with van der Waals surface area (Å²) >= 11 is 6.10. The maximum atomic E-state index is 6.10. The molecule has 1 aliphatic heterocycles. The summed E-state index contributed by atoms with van der Waals surface area (Å²) in [6.07, 6.45) is 0. The average Bonchev–Trinajstić information content (AvgIpc) is 2.35. The molecule has 0 aromatic heterocycles. The van der Waals surface area contributed by atoms with Crippen molar-refractivity contribution in [3.63, 3.8) is 0 Å². The maximum Gasteiger partial charge on any atom is 0.123 e. The molecule has 0 bridgehead atoms. The third-order valence-corrected chi connectivity index (χ3v) is 4.07. The minimum atomic E-state index is 0.139. The lowest BCUT2D eigenvalue weighted by molar-refractivity contribution is 0.0619. The van der Waals surface area contributed by atoms with Crippen LogP contribution in [0.5, 0.6) is 5.75 Å². The SMILES string of the molecule is COc1ccc(Cl)cc1CN1CC(C)NCC1(C)C. The van der Waals surface area contributed by atoms with Gasteiger partial charge in [0.1, 0.15) is 5.75 Å². The topological polar surface area (TPSA) is 24.5 Å². The number of halogens is 1. The van der Waals surface area contributed by atoms with E-state index in [1.165, 1.54) is 0 Å². The highest BCUT2D eigenvalue weighted by atomic mass is 35.5. The van der Waals surface area contributed by atoms with E-state index in [0.717, 1.165) is 36.0 Å². The minimum Gasteiger partial charge on any atom is -0.496 e. The molecule has 1 atom stereocenters. The van der Waals surface area contributed by atoms with Gasteiger partial charge in [0.15, 0.2) is 0 Å². The van der Waals surface area contributed by atoms with Gasteiger partial charge in [-0.15, -0.1) is 0 Å². The number of nitrogens with one attached hydrogen (secondary N) is 1. The molecule has 3 nitrogen and oxygen atoms in total. The van der Waals surface area contributed by atoms with Gasteiger partial charge in [-0.3, -0.25) is 4.90 Å². The summed E-state index contributed by atoms with van der Waals surface area (Å²) in [5.41, 5.74) is 1.29. The van der Waals surface area contributed by atoms with Crippen molar-refractivity contribution >= 4 is 11.6 Å². The molecule has 19 heavy (non-hydrogen) atoms. The van der Waals surface area contributed by atoms with E-state index in [1.54, 1.807) is 7.11 Å². The van der Waals surface area contributed by atoms with Gasteiger partial charge in [0.05, 0.1) is 7.11 Å². The zero-order valence-corrected chi connectivity index (χ0v) is 12.9. The smallest absolute Gasteiger partial charge is 0.123 e. The molecule has 1 aromatic carbocycles. The normalized spacial score (nSPS) is 23.3. The first kappa shape index (κ1) is 14.6. The number of nitrogens with zero attached hydrogens (tertiary/aromatic N) is 1. The van der Waals surface area contributed by atoms with Crippen molar-refractivity contribution in [2.75, 3.05) is 20.2 Å². The van der Waals surface area contributed by atoms with Crippen LogP contribution in [0.15, 0.2) is 18.2 Å². The highest BCUT2D eigenvalue weighted by molar-refractivity contribution is 6.30. The van der Waals surface area contributed by atoms with E-state index in [2.05, 4.69) is 31.0 Å². The monoisotopic (exact) mass is 282 g/mol. The molecule has 1 heterocycles. The van der Waals surface area contributed by atoms with Crippen molar-refractivity contribution < 1.29 is 4.74 Å². The van der Waals surface area contributed by atoms with Gasteiger partial charge in [-0.05, 0) is 39.0 Å². The third-order valence-electron chi connectivity index (χ3n) is 3.84. The van der Waals surface area contributed by atoms with Gasteiger partial charge in [0, 0.05) is 41.8 Å². The molecule has 0 amide bonds. The summed E-state index contributed by atoms with van der Waals surface area (Å²) in [6.45, 7) is 9.64. The second-order valence-electron chi connectivity index (χ2n) is 5.93. The fraction of sp³-hybridized carbons (Fsp3) is 0.600.